The first-order valence-corrected chi connectivity index (χ1v) is 11.7. The van der Waals surface area contributed by atoms with Crippen molar-refractivity contribution < 1.29 is 9.26 Å². The molecule has 3 aromatic rings. The molecule has 1 aromatic heterocycles. The largest absolute Gasteiger partial charge is 0.497 e. The van der Waals surface area contributed by atoms with Crippen LogP contribution in [0.5, 0.6) is 5.75 Å². The van der Waals surface area contributed by atoms with Crippen LogP contribution >= 0.6 is 24.0 Å². The molecule has 2 heterocycles. The minimum atomic E-state index is -0.210. The van der Waals surface area contributed by atoms with Crippen LogP contribution in [0.15, 0.2) is 76.3 Å². The molecule has 0 aliphatic carbocycles. The Morgan fingerprint density at radius 1 is 1.28 bits per heavy atom. The molecule has 8 heteroatoms. The molecule has 0 spiro atoms. The van der Waals surface area contributed by atoms with E-state index in [1.54, 1.807) is 18.9 Å². The topological polar surface area (TPSA) is 63.4 Å². The summed E-state index contributed by atoms with van der Waals surface area (Å²) < 4.78 is 11.1. The fourth-order valence-electron chi connectivity index (χ4n) is 3.67. The molecule has 1 N–H and O–H groups in total. The van der Waals surface area contributed by atoms with Crippen molar-refractivity contribution in [2.24, 2.45) is 0 Å². The highest BCUT2D eigenvalue weighted by atomic mass is 32.2. The number of rotatable bonds is 7. The summed E-state index contributed by atoms with van der Waals surface area (Å²) in [5, 5.41) is 8.32. The van der Waals surface area contributed by atoms with E-state index in [2.05, 4.69) is 47.6 Å². The standard InChI is InChI=1S/C24H24N4O2S2/c1-5-13-28-15(2)20(21(25-24(28)31)16-9-11-19(32-4)12-10-16)23-26-22(27-30-23)17-7-6-8-18(14-17)29-3/h5-12,14,21H,1,13H2,2-4H3,(H,25,31). The van der Waals surface area contributed by atoms with Crippen molar-refractivity contribution in [2.45, 2.75) is 17.9 Å². The number of hydrogen-bond donors (Lipinski definition) is 1. The van der Waals surface area contributed by atoms with Gasteiger partial charge in [0.05, 0.1) is 18.7 Å². The molecule has 1 aliphatic heterocycles. The van der Waals surface area contributed by atoms with Gasteiger partial charge in [0.15, 0.2) is 5.11 Å². The minimum absolute atomic E-state index is 0.210. The monoisotopic (exact) mass is 464 g/mol. The molecule has 1 unspecified atom stereocenters. The predicted molar refractivity (Wildman–Crippen MR) is 132 cm³/mol. The number of benzene rings is 2. The molecule has 6 nitrogen and oxygen atoms in total. The average molecular weight is 465 g/mol. The van der Waals surface area contributed by atoms with Crippen LogP contribution < -0.4 is 10.1 Å². The van der Waals surface area contributed by atoms with E-state index in [4.69, 9.17) is 26.5 Å². The molecule has 0 amide bonds. The van der Waals surface area contributed by atoms with Gasteiger partial charge in [-0.25, -0.2) is 0 Å². The Hall–Kier alpha value is -3.10. The lowest BCUT2D eigenvalue weighted by Gasteiger charge is -2.36. The van der Waals surface area contributed by atoms with E-state index in [9.17, 15) is 0 Å². The van der Waals surface area contributed by atoms with Gasteiger partial charge in [0, 0.05) is 22.7 Å². The molecule has 164 valence electrons. The van der Waals surface area contributed by atoms with E-state index in [0.717, 1.165) is 28.1 Å². The fourth-order valence-corrected chi connectivity index (χ4v) is 4.40. The van der Waals surface area contributed by atoms with Gasteiger partial charge in [0.1, 0.15) is 5.75 Å². The molecule has 32 heavy (non-hydrogen) atoms. The number of methoxy groups -OCH3 is 1. The van der Waals surface area contributed by atoms with Crippen LogP contribution in [0.1, 0.15) is 24.4 Å². The molecule has 0 saturated heterocycles. The molecule has 0 radical (unpaired) electrons. The number of thiocarbonyl (C=S) groups is 1. The lowest BCUT2D eigenvalue weighted by atomic mass is 9.95. The third kappa shape index (κ3) is 4.28. The van der Waals surface area contributed by atoms with Gasteiger partial charge >= 0.3 is 0 Å². The van der Waals surface area contributed by atoms with Crippen molar-refractivity contribution in [3.63, 3.8) is 0 Å². The Labute approximate surface area is 197 Å². The van der Waals surface area contributed by atoms with Crippen LogP contribution in [-0.4, -0.2) is 40.1 Å². The van der Waals surface area contributed by atoms with Gasteiger partial charge in [-0.15, -0.1) is 18.3 Å². The zero-order valence-corrected chi connectivity index (χ0v) is 19.8. The Morgan fingerprint density at radius 3 is 2.75 bits per heavy atom. The van der Waals surface area contributed by atoms with Crippen molar-refractivity contribution >= 4 is 34.7 Å². The molecule has 0 fully saturated rings. The zero-order valence-electron chi connectivity index (χ0n) is 18.2. The Bertz CT molecular complexity index is 1170. The molecule has 4 rings (SSSR count). The van der Waals surface area contributed by atoms with Gasteiger partial charge in [-0.3, -0.25) is 0 Å². The highest BCUT2D eigenvalue weighted by Gasteiger charge is 2.33. The summed E-state index contributed by atoms with van der Waals surface area (Å²) in [7, 11) is 1.63. The first-order chi connectivity index (χ1) is 15.5. The van der Waals surface area contributed by atoms with Crippen LogP contribution in [0.4, 0.5) is 0 Å². The fraction of sp³-hybridized carbons (Fsp3) is 0.208. The molecular formula is C24H24N4O2S2. The van der Waals surface area contributed by atoms with E-state index in [-0.39, 0.29) is 6.04 Å². The maximum Gasteiger partial charge on any atom is 0.258 e. The number of allylic oxidation sites excluding steroid dienone is 1. The van der Waals surface area contributed by atoms with Crippen LogP contribution in [0.3, 0.4) is 0 Å². The SMILES string of the molecule is C=CCN1C(=S)NC(c2ccc(SC)cc2)C(c2nc(-c3cccc(OC)c3)no2)=C1C. The molecule has 1 atom stereocenters. The quantitative estimate of drug-likeness (QED) is 0.287. The van der Waals surface area contributed by atoms with Crippen LogP contribution in [0.25, 0.3) is 17.0 Å². The third-order valence-electron chi connectivity index (χ3n) is 5.34. The van der Waals surface area contributed by atoms with Gasteiger partial charge in [0.25, 0.3) is 5.89 Å². The van der Waals surface area contributed by atoms with Crippen LogP contribution in [-0.2, 0) is 0 Å². The van der Waals surface area contributed by atoms with Crippen molar-refractivity contribution in [3.05, 3.63) is 78.3 Å². The maximum atomic E-state index is 5.76. The molecule has 0 bridgehead atoms. The Kier molecular flexibility index (Phi) is 6.62. The van der Waals surface area contributed by atoms with Crippen molar-refractivity contribution in [1.82, 2.24) is 20.4 Å². The number of nitrogens with zero attached hydrogens (tertiary/aromatic N) is 3. The highest BCUT2D eigenvalue weighted by Crippen LogP contribution is 2.38. The van der Waals surface area contributed by atoms with E-state index in [0.29, 0.717) is 23.4 Å². The van der Waals surface area contributed by atoms with Crippen molar-refractivity contribution in [2.75, 3.05) is 19.9 Å². The number of thioether (sulfide) groups is 1. The first kappa shape index (κ1) is 22.1. The second-order valence-electron chi connectivity index (χ2n) is 7.21. The Morgan fingerprint density at radius 2 is 2.06 bits per heavy atom. The molecule has 1 aliphatic rings. The summed E-state index contributed by atoms with van der Waals surface area (Å²) >= 11 is 7.36. The summed E-state index contributed by atoms with van der Waals surface area (Å²) in [6, 6.07) is 15.8. The van der Waals surface area contributed by atoms with E-state index >= 15 is 0 Å². The molecule has 0 saturated carbocycles. The molecule has 2 aromatic carbocycles. The van der Waals surface area contributed by atoms with E-state index < -0.39 is 0 Å². The van der Waals surface area contributed by atoms with Gasteiger partial charge < -0.3 is 19.5 Å². The highest BCUT2D eigenvalue weighted by molar-refractivity contribution is 7.98. The summed E-state index contributed by atoms with van der Waals surface area (Å²) in [5.74, 6) is 1.68. The van der Waals surface area contributed by atoms with Crippen molar-refractivity contribution in [3.8, 4) is 17.1 Å². The molecular weight excluding hydrogens is 440 g/mol. The first-order valence-electron chi connectivity index (χ1n) is 10.1. The number of aromatic nitrogens is 2. The summed E-state index contributed by atoms with van der Waals surface area (Å²) in [6.45, 7) is 6.46. The number of hydrogen-bond acceptors (Lipinski definition) is 6. The van der Waals surface area contributed by atoms with Crippen molar-refractivity contribution in [1.29, 1.82) is 0 Å². The predicted octanol–water partition coefficient (Wildman–Crippen LogP) is 5.32. The second kappa shape index (κ2) is 9.58. The van der Waals surface area contributed by atoms with E-state index in [1.165, 1.54) is 4.90 Å². The van der Waals surface area contributed by atoms with Gasteiger partial charge in [-0.05, 0) is 55.2 Å². The summed E-state index contributed by atoms with van der Waals surface area (Å²) in [6.07, 6.45) is 3.88. The van der Waals surface area contributed by atoms with E-state index in [1.807, 2.05) is 42.2 Å². The van der Waals surface area contributed by atoms with Crippen LogP contribution in [0, 0.1) is 0 Å². The zero-order chi connectivity index (χ0) is 22.7. The maximum absolute atomic E-state index is 5.76. The summed E-state index contributed by atoms with van der Waals surface area (Å²) in [4.78, 5) is 7.91. The average Bonchev–Trinajstić information content (AvgIpc) is 3.31. The van der Waals surface area contributed by atoms with Gasteiger partial charge in [0.2, 0.25) is 5.82 Å². The lowest BCUT2D eigenvalue weighted by molar-refractivity contribution is 0.399. The normalized spacial score (nSPS) is 16.2. The number of nitrogens with one attached hydrogen (secondary N) is 1. The minimum Gasteiger partial charge on any atom is -0.497 e. The van der Waals surface area contributed by atoms with Gasteiger partial charge in [-0.2, -0.15) is 4.98 Å². The second-order valence-corrected chi connectivity index (χ2v) is 8.48. The number of ether oxygens (including phenoxy) is 1. The third-order valence-corrected chi connectivity index (χ3v) is 6.42. The van der Waals surface area contributed by atoms with Crippen LogP contribution in [0.2, 0.25) is 0 Å². The van der Waals surface area contributed by atoms with Gasteiger partial charge in [-0.1, -0.05) is 35.5 Å². The summed E-state index contributed by atoms with van der Waals surface area (Å²) in [5.41, 5.74) is 3.73. The Balaban J connectivity index is 1.80. The smallest absolute Gasteiger partial charge is 0.258 e. The lowest BCUT2D eigenvalue weighted by Crippen LogP contribution is -2.45.